The molecule has 0 radical (unpaired) electrons. The van der Waals surface area contributed by atoms with E-state index in [0.717, 1.165) is 11.8 Å². The second-order valence-corrected chi connectivity index (χ2v) is 7.76. The van der Waals surface area contributed by atoms with E-state index in [1.165, 1.54) is 25.7 Å². The monoisotopic (exact) mass is 476 g/mol. The molecule has 1 fully saturated rings. The Labute approximate surface area is 104 Å². The molecule has 60 valence electrons. The average molecular weight is 476 g/mol. The van der Waals surface area contributed by atoms with Crippen molar-refractivity contribution in [2.45, 2.75) is 37.5 Å². The van der Waals surface area contributed by atoms with Gasteiger partial charge in [0.05, 0.1) is 0 Å². The first-order chi connectivity index (χ1) is 4.70. The van der Waals surface area contributed by atoms with Crippen molar-refractivity contribution in [1.82, 2.24) is 0 Å². The molecular formula is C7H11I3. The fourth-order valence-corrected chi connectivity index (χ4v) is 4.89. The van der Waals surface area contributed by atoms with Gasteiger partial charge in [-0.3, -0.25) is 0 Å². The maximum absolute atomic E-state index is 2.61. The van der Waals surface area contributed by atoms with Crippen LogP contribution in [0.4, 0.5) is 0 Å². The van der Waals surface area contributed by atoms with E-state index in [2.05, 4.69) is 67.8 Å². The minimum absolute atomic E-state index is 0.919. The van der Waals surface area contributed by atoms with E-state index in [0.29, 0.717) is 0 Å². The lowest BCUT2D eigenvalue weighted by Gasteiger charge is -2.13. The maximum atomic E-state index is 2.61. The predicted octanol–water partition coefficient (Wildman–Crippen LogP) is 3.97. The van der Waals surface area contributed by atoms with Gasteiger partial charge in [-0.05, 0) is 19.3 Å². The fraction of sp³-hybridized carbons (Fsp3) is 1.00. The standard InChI is InChI=1S/C7H11I3/c8-5-2-1-3-6(9)7(10)4-5/h5-7H,1-4H2. The zero-order valence-electron chi connectivity index (χ0n) is 5.69. The van der Waals surface area contributed by atoms with E-state index in [-0.39, 0.29) is 0 Å². The summed E-state index contributed by atoms with van der Waals surface area (Å²) in [5.74, 6) is 0. The van der Waals surface area contributed by atoms with Crippen LogP contribution in [0.5, 0.6) is 0 Å². The Balaban J connectivity index is 2.41. The first kappa shape index (κ1) is 10.3. The first-order valence-electron chi connectivity index (χ1n) is 3.62. The molecule has 0 heterocycles. The van der Waals surface area contributed by atoms with E-state index < -0.39 is 0 Å². The van der Waals surface area contributed by atoms with Crippen molar-refractivity contribution in [2.75, 3.05) is 0 Å². The molecule has 1 aliphatic carbocycles. The van der Waals surface area contributed by atoms with Gasteiger partial charge in [-0.1, -0.05) is 74.2 Å². The van der Waals surface area contributed by atoms with Gasteiger partial charge in [-0.25, -0.2) is 0 Å². The maximum Gasteiger partial charge on any atom is 0.0237 e. The molecule has 1 rings (SSSR count). The second kappa shape index (κ2) is 5.04. The van der Waals surface area contributed by atoms with E-state index in [4.69, 9.17) is 0 Å². The first-order valence-corrected chi connectivity index (χ1v) is 7.36. The van der Waals surface area contributed by atoms with Crippen LogP contribution < -0.4 is 0 Å². The number of hydrogen-bond acceptors (Lipinski definition) is 0. The van der Waals surface area contributed by atoms with E-state index in [9.17, 15) is 0 Å². The molecule has 0 aromatic rings. The predicted molar refractivity (Wildman–Crippen MR) is 71.9 cm³/mol. The molecule has 0 spiro atoms. The Morgan fingerprint density at radius 1 is 0.900 bits per heavy atom. The van der Waals surface area contributed by atoms with Crippen LogP contribution in [-0.4, -0.2) is 11.8 Å². The normalized spacial score (nSPS) is 42.9. The highest BCUT2D eigenvalue weighted by Gasteiger charge is 2.22. The molecule has 0 bridgehead atoms. The number of alkyl halides is 3. The van der Waals surface area contributed by atoms with Crippen LogP contribution >= 0.6 is 67.8 Å². The quantitative estimate of drug-likeness (QED) is 0.282. The molecule has 3 heteroatoms. The second-order valence-electron chi connectivity index (χ2n) is 2.80. The average Bonchev–Trinajstić information content (AvgIpc) is 1.96. The molecule has 0 saturated heterocycles. The van der Waals surface area contributed by atoms with Crippen LogP contribution in [0, 0.1) is 0 Å². The molecule has 10 heavy (non-hydrogen) atoms. The van der Waals surface area contributed by atoms with Crippen molar-refractivity contribution in [3.63, 3.8) is 0 Å². The van der Waals surface area contributed by atoms with Crippen LogP contribution in [-0.2, 0) is 0 Å². The number of rotatable bonds is 0. The highest BCUT2D eigenvalue weighted by Crippen LogP contribution is 2.32. The summed E-state index contributed by atoms with van der Waals surface area (Å²) in [6, 6.07) is 0. The van der Waals surface area contributed by atoms with Crippen LogP contribution in [0.15, 0.2) is 0 Å². The van der Waals surface area contributed by atoms with Crippen molar-refractivity contribution in [3.8, 4) is 0 Å². The summed E-state index contributed by atoms with van der Waals surface area (Å²) >= 11 is 7.82. The Bertz CT molecular complexity index is 105. The third-order valence-corrected chi connectivity index (χ3v) is 7.25. The highest BCUT2D eigenvalue weighted by molar-refractivity contribution is 14.1. The molecular weight excluding hydrogens is 465 g/mol. The van der Waals surface area contributed by atoms with E-state index in [1.54, 1.807) is 0 Å². The van der Waals surface area contributed by atoms with Gasteiger partial charge in [0.15, 0.2) is 0 Å². The summed E-state index contributed by atoms with van der Waals surface area (Å²) in [5.41, 5.74) is 0. The minimum Gasteiger partial charge on any atom is -0.0826 e. The van der Waals surface area contributed by atoms with Crippen molar-refractivity contribution in [1.29, 1.82) is 0 Å². The largest absolute Gasteiger partial charge is 0.0826 e. The molecule has 1 aliphatic rings. The molecule has 1 saturated carbocycles. The van der Waals surface area contributed by atoms with Crippen LogP contribution in [0.2, 0.25) is 0 Å². The van der Waals surface area contributed by atoms with Crippen LogP contribution in [0.3, 0.4) is 0 Å². The summed E-state index contributed by atoms with van der Waals surface area (Å²) < 4.78 is 2.79. The zero-order chi connectivity index (χ0) is 7.56. The molecule has 0 nitrogen and oxygen atoms in total. The zero-order valence-corrected chi connectivity index (χ0v) is 12.2. The lowest BCUT2D eigenvalue weighted by Crippen LogP contribution is -2.13. The summed E-state index contributed by atoms with van der Waals surface area (Å²) in [6.07, 6.45) is 5.75. The van der Waals surface area contributed by atoms with Gasteiger partial charge in [-0.2, -0.15) is 0 Å². The summed E-state index contributed by atoms with van der Waals surface area (Å²) in [6.45, 7) is 0. The third kappa shape index (κ3) is 3.28. The van der Waals surface area contributed by atoms with Gasteiger partial charge in [0.2, 0.25) is 0 Å². The van der Waals surface area contributed by atoms with Gasteiger partial charge >= 0.3 is 0 Å². The highest BCUT2D eigenvalue weighted by atomic mass is 127. The SMILES string of the molecule is IC1CCCC(I)C(I)C1. The Hall–Kier alpha value is 2.19. The molecule has 3 atom stereocenters. The molecule has 0 amide bonds. The molecule has 3 unspecified atom stereocenters. The van der Waals surface area contributed by atoms with Gasteiger partial charge in [0.1, 0.15) is 0 Å². The minimum atomic E-state index is 0.919. The molecule has 0 aliphatic heterocycles. The van der Waals surface area contributed by atoms with E-state index >= 15 is 0 Å². The van der Waals surface area contributed by atoms with Crippen LogP contribution in [0.1, 0.15) is 25.7 Å². The van der Waals surface area contributed by atoms with Gasteiger partial charge in [-0.15, -0.1) is 0 Å². The number of hydrogen-bond donors (Lipinski definition) is 0. The summed E-state index contributed by atoms with van der Waals surface area (Å²) in [4.78, 5) is 0. The fourth-order valence-electron chi connectivity index (χ4n) is 1.23. The van der Waals surface area contributed by atoms with Gasteiger partial charge in [0, 0.05) is 11.8 Å². The Kier molecular flexibility index (Phi) is 5.17. The van der Waals surface area contributed by atoms with Gasteiger partial charge in [0.25, 0.3) is 0 Å². The lowest BCUT2D eigenvalue weighted by atomic mass is 10.2. The lowest BCUT2D eigenvalue weighted by molar-refractivity contribution is 0.734. The van der Waals surface area contributed by atoms with E-state index in [1.807, 2.05) is 0 Å². The van der Waals surface area contributed by atoms with Crippen molar-refractivity contribution < 1.29 is 0 Å². The van der Waals surface area contributed by atoms with Crippen molar-refractivity contribution >= 4 is 67.8 Å². The topological polar surface area (TPSA) is 0 Å². The summed E-state index contributed by atoms with van der Waals surface area (Å²) in [5, 5.41) is 0. The third-order valence-electron chi connectivity index (χ3n) is 1.87. The Morgan fingerprint density at radius 2 is 1.60 bits per heavy atom. The number of halogens is 3. The van der Waals surface area contributed by atoms with Crippen molar-refractivity contribution in [2.24, 2.45) is 0 Å². The summed E-state index contributed by atoms with van der Waals surface area (Å²) in [7, 11) is 0. The van der Waals surface area contributed by atoms with Crippen LogP contribution in [0.25, 0.3) is 0 Å². The smallest absolute Gasteiger partial charge is 0.0237 e. The molecule has 0 aromatic heterocycles. The molecule has 0 aromatic carbocycles. The van der Waals surface area contributed by atoms with Gasteiger partial charge < -0.3 is 0 Å². The van der Waals surface area contributed by atoms with Crippen molar-refractivity contribution in [3.05, 3.63) is 0 Å². The Morgan fingerprint density at radius 3 is 2.30 bits per heavy atom. The molecule has 0 N–H and O–H groups in total.